The van der Waals surface area contributed by atoms with Crippen molar-refractivity contribution >= 4 is 28.3 Å². The van der Waals surface area contributed by atoms with Gasteiger partial charge in [-0.1, -0.05) is 41.9 Å². The van der Waals surface area contributed by atoms with Gasteiger partial charge in [-0.25, -0.2) is 4.98 Å². The number of hydrogen-bond donors (Lipinski definition) is 0. The van der Waals surface area contributed by atoms with E-state index in [-0.39, 0.29) is 5.91 Å². The molecule has 4 heteroatoms. The molecule has 0 saturated heterocycles. The van der Waals surface area contributed by atoms with Crippen LogP contribution in [0.2, 0.25) is 5.15 Å². The minimum absolute atomic E-state index is 0.0530. The number of amides is 1. The molecule has 0 unspecified atom stereocenters. The van der Waals surface area contributed by atoms with Gasteiger partial charge in [-0.15, -0.1) is 6.58 Å². The van der Waals surface area contributed by atoms with E-state index in [0.29, 0.717) is 23.8 Å². The van der Waals surface area contributed by atoms with Crippen LogP contribution in [-0.4, -0.2) is 28.9 Å². The quantitative estimate of drug-likeness (QED) is 0.631. The number of carbonyl (C=O) groups is 1. The second kappa shape index (κ2) is 5.85. The molecular weight excluding hydrogens is 260 g/mol. The van der Waals surface area contributed by atoms with Crippen LogP contribution in [0, 0.1) is 0 Å². The van der Waals surface area contributed by atoms with Crippen LogP contribution in [0.3, 0.4) is 0 Å². The first-order valence-electron chi connectivity index (χ1n) is 6.12. The van der Waals surface area contributed by atoms with Gasteiger partial charge in [-0.05, 0) is 12.3 Å². The Morgan fingerprint density at radius 2 is 2.11 bits per heavy atom. The van der Waals surface area contributed by atoms with E-state index in [4.69, 9.17) is 11.6 Å². The third-order valence-electron chi connectivity index (χ3n) is 3.00. The van der Waals surface area contributed by atoms with Crippen LogP contribution in [0.4, 0.5) is 0 Å². The van der Waals surface area contributed by atoms with Gasteiger partial charge < -0.3 is 4.90 Å². The first kappa shape index (κ1) is 13.6. The molecule has 1 aromatic heterocycles. The van der Waals surface area contributed by atoms with Crippen molar-refractivity contribution in [1.29, 1.82) is 0 Å². The number of benzene rings is 1. The molecule has 0 bridgehead atoms. The molecule has 2 aromatic rings. The van der Waals surface area contributed by atoms with Crippen molar-refractivity contribution in [2.45, 2.75) is 6.92 Å². The number of fused-ring (bicyclic) bond motifs is 1. The van der Waals surface area contributed by atoms with Crippen molar-refractivity contribution < 1.29 is 4.79 Å². The Morgan fingerprint density at radius 3 is 2.74 bits per heavy atom. The topological polar surface area (TPSA) is 33.2 Å². The van der Waals surface area contributed by atoms with Crippen molar-refractivity contribution in [3.05, 3.63) is 53.8 Å². The highest BCUT2D eigenvalue weighted by Crippen LogP contribution is 2.25. The molecule has 0 atom stereocenters. The summed E-state index contributed by atoms with van der Waals surface area (Å²) in [6.07, 6.45) is 3.26. The van der Waals surface area contributed by atoms with Crippen LogP contribution in [0.15, 0.2) is 43.1 Å². The lowest BCUT2D eigenvalue weighted by Gasteiger charge is -2.19. The van der Waals surface area contributed by atoms with Crippen molar-refractivity contribution in [3.63, 3.8) is 0 Å². The standard InChI is InChI=1S/C15H15ClN2O/c1-3-9-18(4-2)15(19)13-10-17-14(16)12-8-6-5-7-11(12)13/h3,5-8,10H,1,4,9H2,2H3. The molecule has 1 heterocycles. The lowest BCUT2D eigenvalue weighted by atomic mass is 10.1. The molecule has 0 fully saturated rings. The van der Waals surface area contributed by atoms with Crippen molar-refractivity contribution in [2.24, 2.45) is 0 Å². The maximum absolute atomic E-state index is 12.5. The van der Waals surface area contributed by atoms with Crippen LogP contribution in [0.25, 0.3) is 10.8 Å². The van der Waals surface area contributed by atoms with E-state index in [1.54, 1.807) is 17.2 Å². The van der Waals surface area contributed by atoms with Crippen molar-refractivity contribution in [3.8, 4) is 0 Å². The van der Waals surface area contributed by atoms with Gasteiger partial charge in [0.1, 0.15) is 5.15 Å². The Kier molecular flexibility index (Phi) is 4.17. The molecule has 0 N–H and O–H groups in total. The highest BCUT2D eigenvalue weighted by Gasteiger charge is 2.17. The average Bonchev–Trinajstić information content (AvgIpc) is 2.45. The summed E-state index contributed by atoms with van der Waals surface area (Å²) in [4.78, 5) is 18.3. The molecule has 1 aromatic carbocycles. The van der Waals surface area contributed by atoms with Crippen LogP contribution in [0.1, 0.15) is 17.3 Å². The van der Waals surface area contributed by atoms with Crippen LogP contribution < -0.4 is 0 Å². The molecule has 0 aliphatic heterocycles. The lowest BCUT2D eigenvalue weighted by Crippen LogP contribution is -2.31. The fourth-order valence-electron chi connectivity index (χ4n) is 2.01. The van der Waals surface area contributed by atoms with Gasteiger partial charge in [-0.3, -0.25) is 4.79 Å². The van der Waals surface area contributed by atoms with E-state index in [9.17, 15) is 4.79 Å². The number of rotatable bonds is 4. The van der Waals surface area contributed by atoms with E-state index >= 15 is 0 Å². The highest BCUT2D eigenvalue weighted by molar-refractivity contribution is 6.34. The second-order valence-electron chi connectivity index (χ2n) is 4.14. The van der Waals surface area contributed by atoms with E-state index in [1.807, 2.05) is 31.2 Å². The van der Waals surface area contributed by atoms with E-state index in [1.165, 1.54) is 0 Å². The largest absolute Gasteiger partial charge is 0.335 e. The van der Waals surface area contributed by atoms with E-state index in [2.05, 4.69) is 11.6 Å². The van der Waals surface area contributed by atoms with Gasteiger partial charge >= 0.3 is 0 Å². The molecule has 1 amide bonds. The van der Waals surface area contributed by atoms with Crippen LogP contribution >= 0.6 is 11.6 Å². The van der Waals surface area contributed by atoms with Crippen molar-refractivity contribution in [2.75, 3.05) is 13.1 Å². The molecular formula is C15H15ClN2O. The van der Waals surface area contributed by atoms with E-state index in [0.717, 1.165) is 10.8 Å². The number of aromatic nitrogens is 1. The SMILES string of the molecule is C=CCN(CC)C(=O)c1cnc(Cl)c2ccccc12. The Morgan fingerprint density at radius 1 is 1.42 bits per heavy atom. The zero-order chi connectivity index (χ0) is 13.8. The summed E-state index contributed by atoms with van der Waals surface area (Å²) < 4.78 is 0. The molecule has 0 aliphatic rings. The Bertz CT molecular complexity index is 625. The summed E-state index contributed by atoms with van der Waals surface area (Å²) in [5.74, 6) is -0.0530. The number of likely N-dealkylation sites (N-methyl/N-ethyl adjacent to an activating group) is 1. The van der Waals surface area contributed by atoms with Gasteiger partial charge in [-0.2, -0.15) is 0 Å². The average molecular weight is 275 g/mol. The number of nitrogens with zero attached hydrogens (tertiary/aromatic N) is 2. The minimum atomic E-state index is -0.0530. The summed E-state index contributed by atoms with van der Waals surface area (Å²) in [5.41, 5.74) is 0.573. The molecule has 0 aliphatic carbocycles. The fourth-order valence-corrected chi connectivity index (χ4v) is 2.22. The smallest absolute Gasteiger partial charge is 0.256 e. The van der Waals surface area contributed by atoms with Gasteiger partial charge in [0.2, 0.25) is 0 Å². The van der Waals surface area contributed by atoms with Gasteiger partial charge in [0.15, 0.2) is 0 Å². The van der Waals surface area contributed by atoms with Crippen LogP contribution in [0.5, 0.6) is 0 Å². The number of halogens is 1. The summed E-state index contributed by atoms with van der Waals surface area (Å²) in [5, 5.41) is 2.04. The maximum Gasteiger partial charge on any atom is 0.256 e. The van der Waals surface area contributed by atoms with E-state index < -0.39 is 0 Å². The zero-order valence-corrected chi connectivity index (χ0v) is 11.5. The molecule has 0 radical (unpaired) electrons. The monoisotopic (exact) mass is 274 g/mol. The fraction of sp³-hybridized carbons (Fsp3) is 0.200. The maximum atomic E-state index is 12.5. The van der Waals surface area contributed by atoms with Gasteiger partial charge in [0, 0.05) is 24.7 Å². The summed E-state index contributed by atoms with van der Waals surface area (Å²) in [6.45, 7) is 6.75. The van der Waals surface area contributed by atoms with Crippen LogP contribution in [-0.2, 0) is 0 Å². The predicted octanol–water partition coefficient (Wildman–Crippen LogP) is 3.54. The third-order valence-corrected chi connectivity index (χ3v) is 3.30. The predicted molar refractivity (Wildman–Crippen MR) is 78.5 cm³/mol. The molecule has 0 saturated carbocycles. The summed E-state index contributed by atoms with van der Waals surface area (Å²) >= 11 is 6.06. The van der Waals surface area contributed by atoms with Gasteiger partial charge in [0.25, 0.3) is 5.91 Å². The number of hydrogen-bond acceptors (Lipinski definition) is 2. The third kappa shape index (κ3) is 2.61. The minimum Gasteiger partial charge on any atom is -0.335 e. The molecule has 2 rings (SSSR count). The Hall–Kier alpha value is -1.87. The van der Waals surface area contributed by atoms with Gasteiger partial charge in [0.05, 0.1) is 5.56 Å². The first-order valence-corrected chi connectivity index (χ1v) is 6.50. The number of carbonyl (C=O) groups excluding carboxylic acids is 1. The summed E-state index contributed by atoms with van der Waals surface area (Å²) in [7, 11) is 0. The highest BCUT2D eigenvalue weighted by atomic mass is 35.5. The zero-order valence-electron chi connectivity index (χ0n) is 10.8. The summed E-state index contributed by atoms with van der Waals surface area (Å²) in [6, 6.07) is 7.52. The normalized spacial score (nSPS) is 10.4. The lowest BCUT2D eigenvalue weighted by molar-refractivity contribution is 0.0783. The molecule has 0 spiro atoms. The van der Waals surface area contributed by atoms with Crippen molar-refractivity contribution in [1.82, 2.24) is 9.88 Å². The Balaban J connectivity index is 2.53. The first-order chi connectivity index (χ1) is 9.19. The second-order valence-corrected chi connectivity index (χ2v) is 4.50. The Labute approximate surface area is 117 Å². The molecule has 19 heavy (non-hydrogen) atoms. The molecule has 98 valence electrons. The number of pyridine rings is 1. The molecule has 3 nitrogen and oxygen atoms in total.